The first kappa shape index (κ1) is 45.0. The number of aliphatic hydroxyl groups is 1. The molecule has 15 nitrogen and oxygen atoms in total. The number of esters is 1. The predicted molar refractivity (Wildman–Crippen MR) is 219 cm³/mol. The molecule has 3 heterocycles. The Hall–Kier alpha value is -3.57. The highest BCUT2D eigenvalue weighted by Crippen LogP contribution is 2.58. The molecule has 17 heteroatoms. The summed E-state index contributed by atoms with van der Waals surface area (Å²) in [6.07, 6.45) is 0.361. The lowest BCUT2D eigenvalue weighted by atomic mass is 9.77. The summed E-state index contributed by atoms with van der Waals surface area (Å²) in [5, 5.41) is 10.6. The number of amides is 2. The summed E-state index contributed by atoms with van der Waals surface area (Å²) in [6, 6.07) is 5.84. The number of aromatic nitrogens is 1. The number of benzene rings is 1. The normalized spacial score (nSPS) is 24.9. The van der Waals surface area contributed by atoms with Crippen LogP contribution < -0.4 is 14.2 Å². The number of halogens is 1. The molecule has 0 bridgehead atoms. The van der Waals surface area contributed by atoms with E-state index >= 15 is 0 Å². The van der Waals surface area contributed by atoms with Crippen LogP contribution in [0.25, 0.3) is 10.9 Å². The van der Waals surface area contributed by atoms with E-state index in [-0.39, 0.29) is 43.7 Å². The van der Waals surface area contributed by atoms with E-state index in [1.807, 2.05) is 32.6 Å². The molecule has 59 heavy (non-hydrogen) atoms. The van der Waals surface area contributed by atoms with E-state index in [0.717, 1.165) is 0 Å². The highest BCUT2D eigenvalue weighted by Gasteiger charge is 2.62. The van der Waals surface area contributed by atoms with E-state index in [4.69, 9.17) is 30.0 Å². The smallest absolute Gasteiger partial charge is 0.362 e. The van der Waals surface area contributed by atoms with Gasteiger partial charge in [0.2, 0.25) is 17.7 Å². The zero-order valence-corrected chi connectivity index (χ0v) is 36.9. The number of hydrogen-bond donors (Lipinski definition) is 2. The first-order valence-corrected chi connectivity index (χ1v) is 22.3. The van der Waals surface area contributed by atoms with Gasteiger partial charge in [0.05, 0.1) is 52.6 Å². The third-order valence-corrected chi connectivity index (χ3v) is 13.2. The van der Waals surface area contributed by atoms with Crippen molar-refractivity contribution in [1.29, 1.82) is 0 Å². The lowest BCUT2D eigenvalue weighted by molar-refractivity contribution is -0.161. The van der Waals surface area contributed by atoms with E-state index in [2.05, 4.69) is 9.71 Å². The second-order valence-electron chi connectivity index (χ2n) is 19.1. The molecule has 2 amide bonds. The van der Waals surface area contributed by atoms with Gasteiger partial charge in [-0.3, -0.25) is 24.1 Å². The predicted octanol–water partition coefficient (Wildman–Crippen LogP) is 4.99. The number of β-amino-alcohol motifs (C(OH)–C–C–N with tert-alkyl or cyclic N) is 1. The SMILES string of the molecule is CC[C@@H]1C[C@]1(CC(=O)[C@@H]1C[C@@H](Oc2cc(OCCN3CC(O)C3)nc3c(Cl)cccc23)CN1C(=O)[C@@H](CC(=O)OC(C)(C)C)C(C)(C)C)C(=O)NS(=O)(=O)OC1(C)CC1. The number of carbonyl (C=O) groups is 4. The molecule has 5 atom stereocenters. The molecular formula is C42H59ClN4O11S. The number of hydrogen-bond acceptors (Lipinski definition) is 13. The monoisotopic (exact) mass is 862 g/mol. The highest BCUT2D eigenvalue weighted by atomic mass is 35.5. The van der Waals surface area contributed by atoms with Crippen LogP contribution in [0.2, 0.25) is 5.02 Å². The average molecular weight is 863 g/mol. The van der Waals surface area contributed by atoms with E-state index in [9.17, 15) is 32.7 Å². The molecule has 0 radical (unpaired) electrons. The van der Waals surface area contributed by atoms with Gasteiger partial charge in [0.1, 0.15) is 24.1 Å². The summed E-state index contributed by atoms with van der Waals surface area (Å²) in [5.74, 6) is -2.73. The maximum Gasteiger partial charge on any atom is 0.362 e. The van der Waals surface area contributed by atoms with Crippen molar-refractivity contribution in [2.24, 2.45) is 22.7 Å². The van der Waals surface area contributed by atoms with Crippen molar-refractivity contribution < 1.29 is 51.1 Å². The molecule has 4 aliphatic rings. The summed E-state index contributed by atoms with van der Waals surface area (Å²) in [7, 11) is -4.44. The van der Waals surface area contributed by atoms with Gasteiger partial charge in [0.25, 0.3) is 0 Å². The fourth-order valence-corrected chi connectivity index (χ4v) is 9.53. The molecule has 2 saturated carbocycles. The first-order chi connectivity index (χ1) is 27.4. The van der Waals surface area contributed by atoms with Gasteiger partial charge in [-0.2, -0.15) is 8.42 Å². The molecule has 2 N–H and O–H groups in total. The number of Topliss-reactive ketones (excluding diaryl/α,β-unsaturated/α-hetero) is 1. The molecule has 1 aromatic heterocycles. The van der Waals surface area contributed by atoms with Crippen molar-refractivity contribution in [3.8, 4) is 11.6 Å². The van der Waals surface area contributed by atoms with Gasteiger partial charge in [-0.05, 0) is 70.4 Å². The maximum absolute atomic E-state index is 14.8. The van der Waals surface area contributed by atoms with Crippen LogP contribution in [0.1, 0.15) is 100 Å². The second-order valence-corrected chi connectivity index (χ2v) is 20.8. The average Bonchev–Trinajstić information content (AvgIpc) is 3.97. The number of carbonyl (C=O) groups excluding carboxylic acids is 4. The lowest BCUT2D eigenvalue weighted by Gasteiger charge is -2.35. The topological polar surface area (TPSA) is 191 Å². The van der Waals surface area contributed by atoms with Crippen LogP contribution in [-0.4, -0.2) is 114 Å². The van der Waals surface area contributed by atoms with Crippen LogP contribution in [-0.2, 0) is 38.4 Å². The Morgan fingerprint density at radius 2 is 1.78 bits per heavy atom. The third-order valence-electron chi connectivity index (χ3n) is 11.8. The largest absolute Gasteiger partial charge is 0.488 e. The minimum absolute atomic E-state index is 0.0226. The van der Waals surface area contributed by atoms with Crippen molar-refractivity contribution >= 4 is 56.4 Å². The van der Waals surface area contributed by atoms with E-state index in [1.54, 1.807) is 52.0 Å². The third kappa shape index (κ3) is 10.9. The Morgan fingerprint density at radius 1 is 1.08 bits per heavy atom. The van der Waals surface area contributed by atoms with Crippen molar-refractivity contribution in [2.75, 3.05) is 32.8 Å². The quantitative estimate of drug-likeness (QED) is 0.203. The summed E-state index contributed by atoms with van der Waals surface area (Å²) in [5.41, 5.74) is -3.24. The van der Waals surface area contributed by atoms with Crippen LogP contribution in [0.15, 0.2) is 24.3 Å². The lowest BCUT2D eigenvalue weighted by Crippen LogP contribution is -2.51. The molecule has 2 aromatic rings. The van der Waals surface area contributed by atoms with Gasteiger partial charge in [-0.15, -0.1) is 0 Å². The van der Waals surface area contributed by atoms with Crippen molar-refractivity contribution in [3.05, 3.63) is 29.3 Å². The second kappa shape index (κ2) is 16.7. The van der Waals surface area contributed by atoms with Crippen LogP contribution in [0, 0.1) is 22.7 Å². The van der Waals surface area contributed by atoms with Gasteiger partial charge in [0, 0.05) is 43.9 Å². The van der Waals surface area contributed by atoms with Gasteiger partial charge >= 0.3 is 16.3 Å². The van der Waals surface area contributed by atoms with E-state index < -0.39 is 74.0 Å². The number of para-hydroxylation sites is 1. The minimum Gasteiger partial charge on any atom is -0.488 e. The molecule has 1 aromatic carbocycles. The number of ketones is 1. The molecule has 2 saturated heterocycles. The van der Waals surface area contributed by atoms with Gasteiger partial charge < -0.3 is 24.2 Å². The van der Waals surface area contributed by atoms with Crippen LogP contribution in [0.5, 0.6) is 11.6 Å². The molecule has 2 aliphatic carbocycles. The molecule has 6 rings (SSSR count). The van der Waals surface area contributed by atoms with Crippen molar-refractivity contribution in [3.63, 3.8) is 0 Å². The standard InChI is InChI=1S/C42H59ClN4O11S/c1-9-25-20-42(25,38(52)45-59(53,54)58-41(8)13-14-41)21-32(49)31-17-27(24-47(31)37(51)29(39(2,3)4)18-35(50)57-40(5,6)7)56-33-19-34(55-16-15-46-22-26(48)23-46)44-36-28(33)11-10-12-30(36)43/h10-12,19,25-27,29,31,48H,9,13-18,20-24H2,1-8H3,(H,45,52)/t25-,27-,29-,31+,42-/m1/s1. The molecule has 0 unspecified atom stereocenters. The molecule has 0 spiro atoms. The fourth-order valence-electron chi connectivity index (χ4n) is 8.14. The van der Waals surface area contributed by atoms with E-state index in [0.29, 0.717) is 73.6 Å². The Kier molecular flexibility index (Phi) is 12.7. The summed E-state index contributed by atoms with van der Waals surface area (Å²) >= 11 is 6.61. The van der Waals surface area contributed by atoms with Crippen molar-refractivity contribution in [2.45, 2.75) is 130 Å². The van der Waals surface area contributed by atoms with Crippen LogP contribution in [0.4, 0.5) is 0 Å². The van der Waals surface area contributed by atoms with Crippen molar-refractivity contribution in [1.82, 2.24) is 19.5 Å². The zero-order valence-electron chi connectivity index (χ0n) is 35.3. The molecule has 326 valence electrons. The Bertz CT molecular complexity index is 2060. The van der Waals surface area contributed by atoms with Gasteiger partial charge in [0.15, 0.2) is 5.78 Å². The number of rotatable bonds is 17. The number of pyridine rings is 1. The maximum atomic E-state index is 14.8. The van der Waals surface area contributed by atoms with Gasteiger partial charge in [-0.25, -0.2) is 13.9 Å². The molecule has 4 fully saturated rings. The zero-order chi connectivity index (χ0) is 43.3. The Morgan fingerprint density at radius 3 is 2.37 bits per heavy atom. The number of fused-ring (bicyclic) bond motifs is 1. The minimum atomic E-state index is -4.44. The number of nitrogens with one attached hydrogen (secondary N) is 1. The molecular weight excluding hydrogens is 804 g/mol. The summed E-state index contributed by atoms with van der Waals surface area (Å²) < 4.78 is 51.4. The van der Waals surface area contributed by atoms with Gasteiger partial charge in [-0.1, -0.05) is 51.8 Å². The van der Waals surface area contributed by atoms with E-state index in [1.165, 1.54) is 4.90 Å². The Balaban J connectivity index is 1.28. The number of nitrogens with zero attached hydrogens (tertiary/aromatic N) is 3. The number of aliphatic hydroxyl groups excluding tert-OH is 1. The molecule has 2 aliphatic heterocycles. The number of likely N-dealkylation sites (tertiary alicyclic amines) is 2. The first-order valence-electron chi connectivity index (χ1n) is 20.5. The highest BCUT2D eigenvalue weighted by molar-refractivity contribution is 7.85. The fraction of sp³-hybridized carbons (Fsp3) is 0.690. The summed E-state index contributed by atoms with van der Waals surface area (Å²) in [4.78, 5) is 64.5. The number of ether oxygens (including phenoxy) is 3. The van der Waals surface area contributed by atoms with Crippen LogP contribution in [0.3, 0.4) is 0 Å². The van der Waals surface area contributed by atoms with Crippen LogP contribution >= 0.6 is 11.6 Å². The summed E-state index contributed by atoms with van der Waals surface area (Å²) in [6.45, 7) is 16.3. The Labute approximate surface area is 352 Å².